The first-order valence-corrected chi connectivity index (χ1v) is 7.97. The summed E-state index contributed by atoms with van der Waals surface area (Å²) >= 11 is 3.45. The van der Waals surface area contributed by atoms with Crippen LogP contribution in [0.4, 0.5) is 5.69 Å². The lowest BCUT2D eigenvalue weighted by atomic mass is 10.2. The zero-order valence-electron chi connectivity index (χ0n) is 13.2. The van der Waals surface area contributed by atoms with Gasteiger partial charge in [-0.3, -0.25) is 5.43 Å². The van der Waals surface area contributed by atoms with Crippen LogP contribution in [0.3, 0.4) is 0 Å². The normalized spacial score (nSPS) is 10.6. The number of hydrogen-bond donors (Lipinski definition) is 2. The highest BCUT2D eigenvalue weighted by Gasteiger charge is 2.10. The van der Waals surface area contributed by atoms with E-state index in [-0.39, 0.29) is 5.56 Å². The number of hydrogen-bond acceptors (Lipinski definition) is 5. The minimum absolute atomic E-state index is 0.195. The van der Waals surface area contributed by atoms with Crippen LogP contribution in [0.25, 0.3) is 0 Å². The number of halogens is 1. The Morgan fingerprint density at radius 3 is 2.83 bits per heavy atom. The predicted octanol–water partition coefficient (Wildman–Crippen LogP) is 4.00. The van der Waals surface area contributed by atoms with Crippen molar-refractivity contribution in [2.24, 2.45) is 5.10 Å². The summed E-state index contributed by atoms with van der Waals surface area (Å²) in [6, 6.07) is 10.1. The van der Waals surface area contributed by atoms with Crippen LogP contribution >= 0.6 is 15.9 Å². The van der Waals surface area contributed by atoms with E-state index in [0.717, 1.165) is 10.0 Å². The maximum absolute atomic E-state index is 10.9. The van der Waals surface area contributed by atoms with Crippen LogP contribution in [0.2, 0.25) is 0 Å². The van der Waals surface area contributed by atoms with Crippen LogP contribution < -0.4 is 14.9 Å². The van der Waals surface area contributed by atoms with Crippen molar-refractivity contribution in [2.45, 2.75) is 6.92 Å². The number of carboxylic acids is 1. The van der Waals surface area contributed by atoms with Crippen LogP contribution in [-0.4, -0.2) is 31.0 Å². The average molecular weight is 393 g/mol. The number of methoxy groups -OCH3 is 1. The van der Waals surface area contributed by atoms with Gasteiger partial charge < -0.3 is 14.6 Å². The van der Waals surface area contributed by atoms with Crippen LogP contribution in [0.15, 0.2) is 46.0 Å². The fourth-order valence-corrected chi connectivity index (χ4v) is 2.58. The first-order valence-electron chi connectivity index (χ1n) is 7.18. The summed E-state index contributed by atoms with van der Waals surface area (Å²) in [6.45, 7) is 2.43. The molecule has 0 aliphatic heterocycles. The number of nitrogens with one attached hydrogen (secondary N) is 1. The smallest absolute Gasteiger partial charge is 0.335 e. The molecule has 2 aromatic rings. The molecule has 0 saturated heterocycles. The van der Waals surface area contributed by atoms with Gasteiger partial charge in [-0.2, -0.15) is 5.10 Å². The molecule has 126 valence electrons. The van der Waals surface area contributed by atoms with Crippen molar-refractivity contribution in [3.8, 4) is 11.5 Å². The van der Waals surface area contributed by atoms with Crippen molar-refractivity contribution in [1.82, 2.24) is 0 Å². The number of carbonyl (C=O) groups is 1. The topological polar surface area (TPSA) is 80.2 Å². The third kappa shape index (κ3) is 4.48. The highest BCUT2D eigenvalue weighted by molar-refractivity contribution is 9.10. The zero-order valence-corrected chi connectivity index (χ0v) is 14.8. The summed E-state index contributed by atoms with van der Waals surface area (Å²) in [4.78, 5) is 10.9. The molecule has 2 N–H and O–H groups in total. The molecule has 0 aliphatic rings. The van der Waals surface area contributed by atoms with Gasteiger partial charge in [0.15, 0.2) is 11.5 Å². The summed E-state index contributed by atoms with van der Waals surface area (Å²) in [7, 11) is 1.57. The summed E-state index contributed by atoms with van der Waals surface area (Å²) in [5.41, 5.74) is 4.38. The molecule has 0 spiro atoms. The van der Waals surface area contributed by atoms with E-state index < -0.39 is 5.97 Å². The Balaban J connectivity index is 2.16. The molecule has 24 heavy (non-hydrogen) atoms. The lowest BCUT2D eigenvalue weighted by Crippen LogP contribution is -1.99. The van der Waals surface area contributed by atoms with Crippen molar-refractivity contribution < 1.29 is 19.4 Å². The third-order valence-corrected chi connectivity index (χ3v) is 3.65. The third-order valence-electron chi connectivity index (χ3n) is 3.06. The average Bonchev–Trinajstić information content (AvgIpc) is 2.57. The van der Waals surface area contributed by atoms with Gasteiger partial charge in [0.1, 0.15) is 0 Å². The van der Waals surface area contributed by atoms with E-state index in [4.69, 9.17) is 14.6 Å². The Morgan fingerprint density at radius 2 is 2.17 bits per heavy atom. The molecule has 0 fully saturated rings. The Kier molecular flexibility index (Phi) is 6.20. The second-order valence-electron chi connectivity index (χ2n) is 4.72. The van der Waals surface area contributed by atoms with Crippen molar-refractivity contribution in [3.63, 3.8) is 0 Å². The zero-order chi connectivity index (χ0) is 17.5. The van der Waals surface area contributed by atoms with Crippen molar-refractivity contribution >= 4 is 33.8 Å². The summed E-state index contributed by atoms with van der Waals surface area (Å²) in [5, 5.41) is 13.1. The van der Waals surface area contributed by atoms with Crippen LogP contribution in [-0.2, 0) is 0 Å². The highest BCUT2D eigenvalue weighted by atomic mass is 79.9. The Hall–Kier alpha value is -2.54. The molecule has 2 rings (SSSR count). The molecule has 0 saturated carbocycles. The van der Waals surface area contributed by atoms with Crippen molar-refractivity contribution in [2.75, 3.05) is 19.1 Å². The van der Waals surface area contributed by atoms with Gasteiger partial charge in [0.05, 0.1) is 35.7 Å². The van der Waals surface area contributed by atoms with E-state index in [2.05, 4.69) is 26.5 Å². The number of ether oxygens (including phenoxy) is 2. The molecule has 2 aromatic carbocycles. The van der Waals surface area contributed by atoms with E-state index in [0.29, 0.717) is 23.8 Å². The largest absolute Gasteiger partial charge is 0.493 e. The number of nitrogens with zero attached hydrogens (tertiary/aromatic N) is 1. The monoisotopic (exact) mass is 392 g/mol. The second kappa shape index (κ2) is 8.35. The van der Waals surface area contributed by atoms with Gasteiger partial charge in [0.25, 0.3) is 0 Å². The van der Waals surface area contributed by atoms with Crippen LogP contribution in [0.5, 0.6) is 11.5 Å². The Labute approximate surface area is 148 Å². The summed E-state index contributed by atoms with van der Waals surface area (Å²) in [5.74, 6) is 0.252. The number of hydrazone groups is 1. The van der Waals surface area contributed by atoms with Gasteiger partial charge in [0, 0.05) is 0 Å². The molecule has 0 radical (unpaired) electrons. The van der Waals surface area contributed by atoms with E-state index in [1.807, 2.05) is 13.0 Å². The summed E-state index contributed by atoms with van der Waals surface area (Å²) < 4.78 is 11.6. The Morgan fingerprint density at radius 1 is 1.38 bits per heavy atom. The quantitative estimate of drug-likeness (QED) is 0.549. The molecular formula is C17H17BrN2O4. The number of rotatable bonds is 7. The van der Waals surface area contributed by atoms with E-state index >= 15 is 0 Å². The first kappa shape index (κ1) is 17.8. The molecule has 0 aromatic heterocycles. The SMILES string of the molecule is CCOc1c(Br)cc(/C=N/Nc2cccc(C(=O)O)c2)cc1OC. The summed E-state index contributed by atoms with van der Waals surface area (Å²) in [6.07, 6.45) is 1.61. The molecule has 0 aliphatic carbocycles. The lowest BCUT2D eigenvalue weighted by Gasteiger charge is -2.12. The second-order valence-corrected chi connectivity index (χ2v) is 5.58. The molecule has 0 atom stereocenters. The minimum atomic E-state index is -0.984. The maximum atomic E-state index is 10.9. The first-order chi connectivity index (χ1) is 11.5. The fourth-order valence-electron chi connectivity index (χ4n) is 2.00. The van der Waals surface area contributed by atoms with E-state index in [1.165, 1.54) is 12.1 Å². The van der Waals surface area contributed by atoms with Crippen LogP contribution in [0, 0.1) is 0 Å². The number of carboxylic acid groups (broad SMARTS) is 1. The minimum Gasteiger partial charge on any atom is -0.493 e. The van der Waals surface area contributed by atoms with Gasteiger partial charge in [-0.1, -0.05) is 6.07 Å². The predicted molar refractivity (Wildman–Crippen MR) is 96.5 cm³/mol. The standard InChI is InChI=1S/C17H17BrN2O4/c1-3-24-16-14(18)7-11(8-15(16)23-2)10-19-20-13-6-4-5-12(9-13)17(21)22/h4-10,20H,3H2,1-2H3,(H,21,22)/b19-10+. The number of benzene rings is 2. The van der Waals surface area contributed by atoms with E-state index in [9.17, 15) is 4.79 Å². The van der Waals surface area contributed by atoms with Gasteiger partial charge in [-0.25, -0.2) is 4.79 Å². The molecule has 6 nitrogen and oxygen atoms in total. The maximum Gasteiger partial charge on any atom is 0.335 e. The molecule has 0 amide bonds. The van der Waals surface area contributed by atoms with Crippen LogP contribution in [0.1, 0.15) is 22.8 Å². The fraction of sp³-hybridized carbons (Fsp3) is 0.176. The molecular weight excluding hydrogens is 376 g/mol. The van der Waals surface area contributed by atoms with Crippen molar-refractivity contribution in [1.29, 1.82) is 0 Å². The van der Waals surface area contributed by atoms with Gasteiger partial charge in [-0.05, 0) is 58.7 Å². The lowest BCUT2D eigenvalue weighted by molar-refractivity contribution is 0.0697. The highest BCUT2D eigenvalue weighted by Crippen LogP contribution is 2.36. The van der Waals surface area contributed by atoms with Gasteiger partial charge in [-0.15, -0.1) is 0 Å². The van der Waals surface area contributed by atoms with Gasteiger partial charge in [0.2, 0.25) is 0 Å². The molecule has 0 heterocycles. The van der Waals surface area contributed by atoms with Crippen molar-refractivity contribution in [3.05, 3.63) is 52.0 Å². The molecule has 0 bridgehead atoms. The van der Waals surface area contributed by atoms with E-state index in [1.54, 1.807) is 31.5 Å². The number of anilines is 1. The Bertz CT molecular complexity index is 762. The molecule has 7 heteroatoms. The number of aromatic carboxylic acids is 1. The van der Waals surface area contributed by atoms with Gasteiger partial charge >= 0.3 is 5.97 Å². The molecule has 0 unspecified atom stereocenters.